The van der Waals surface area contributed by atoms with Crippen molar-refractivity contribution in [2.75, 3.05) is 6.54 Å². The molecular formula is C20H20F3NO3. The van der Waals surface area contributed by atoms with Gasteiger partial charge in [0.05, 0.1) is 12.0 Å². The lowest BCUT2D eigenvalue weighted by atomic mass is 10.0. The van der Waals surface area contributed by atoms with Crippen LogP contribution in [-0.2, 0) is 17.8 Å². The topological polar surface area (TPSA) is 57.6 Å². The first-order chi connectivity index (χ1) is 12.8. The number of aryl methyl sites for hydroxylation is 1. The van der Waals surface area contributed by atoms with E-state index in [2.05, 4.69) is 0 Å². The maximum absolute atomic E-state index is 12.6. The van der Waals surface area contributed by atoms with Crippen molar-refractivity contribution in [3.8, 4) is 0 Å². The van der Waals surface area contributed by atoms with E-state index in [1.54, 1.807) is 48.5 Å². The fourth-order valence-corrected chi connectivity index (χ4v) is 2.70. The zero-order valence-electron chi connectivity index (χ0n) is 14.6. The molecule has 0 unspecified atom stereocenters. The average molecular weight is 379 g/mol. The van der Waals surface area contributed by atoms with Crippen LogP contribution in [0.4, 0.5) is 13.2 Å². The SMILES string of the molecule is O=C(O)c1ccccc1CCC(=O)N(CCC(F)(F)F)Cc1ccccc1. The van der Waals surface area contributed by atoms with Gasteiger partial charge in [-0.25, -0.2) is 4.79 Å². The van der Waals surface area contributed by atoms with E-state index in [-0.39, 0.29) is 24.9 Å². The third-order valence-electron chi connectivity index (χ3n) is 4.09. The Morgan fingerprint density at radius 2 is 1.59 bits per heavy atom. The Balaban J connectivity index is 2.07. The summed E-state index contributed by atoms with van der Waals surface area (Å²) < 4.78 is 37.8. The molecule has 0 aliphatic rings. The van der Waals surface area contributed by atoms with Crippen LogP contribution < -0.4 is 0 Å². The van der Waals surface area contributed by atoms with Crippen LogP contribution in [0.2, 0.25) is 0 Å². The van der Waals surface area contributed by atoms with E-state index in [0.717, 1.165) is 5.56 Å². The summed E-state index contributed by atoms with van der Waals surface area (Å²) in [4.78, 5) is 24.9. The number of halogens is 3. The normalized spacial score (nSPS) is 11.2. The van der Waals surface area contributed by atoms with Gasteiger partial charge in [0.15, 0.2) is 0 Å². The minimum absolute atomic E-state index is 0.0605. The number of carbonyl (C=O) groups excluding carboxylic acids is 1. The van der Waals surface area contributed by atoms with E-state index in [1.807, 2.05) is 0 Å². The average Bonchev–Trinajstić information content (AvgIpc) is 2.63. The summed E-state index contributed by atoms with van der Waals surface area (Å²) in [5.41, 5.74) is 1.31. The number of benzene rings is 2. The van der Waals surface area contributed by atoms with Crippen molar-refractivity contribution in [1.82, 2.24) is 4.90 Å². The molecule has 0 aromatic heterocycles. The quantitative estimate of drug-likeness (QED) is 0.744. The number of rotatable bonds is 8. The first-order valence-corrected chi connectivity index (χ1v) is 8.46. The lowest BCUT2D eigenvalue weighted by Crippen LogP contribution is -2.34. The summed E-state index contributed by atoms with van der Waals surface area (Å²) in [6, 6.07) is 15.1. The number of hydrogen-bond donors (Lipinski definition) is 1. The Bertz CT molecular complexity index is 776. The highest BCUT2D eigenvalue weighted by atomic mass is 19.4. The second-order valence-electron chi connectivity index (χ2n) is 6.13. The number of alkyl halides is 3. The lowest BCUT2D eigenvalue weighted by molar-refractivity contribution is -0.146. The van der Waals surface area contributed by atoms with E-state index < -0.39 is 31.0 Å². The lowest BCUT2D eigenvalue weighted by Gasteiger charge is -2.24. The third kappa shape index (κ3) is 6.77. The first kappa shape index (κ1) is 20.5. The molecule has 4 nitrogen and oxygen atoms in total. The molecule has 2 aromatic rings. The number of carboxylic acid groups (broad SMARTS) is 1. The van der Waals surface area contributed by atoms with Gasteiger partial charge in [0.25, 0.3) is 0 Å². The number of carboxylic acids is 1. The number of amides is 1. The van der Waals surface area contributed by atoms with Crippen LogP contribution in [0.15, 0.2) is 54.6 Å². The van der Waals surface area contributed by atoms with Gasteiger partial charge in [0.2, 0.25) is 5.91 Å². The molecule has 2 rings (SSSR count). The number of nitrogens with zero attached hydrogens (tertiary/aromatic N) is 1. The summed E-state index contributed by atoms with van der Waals surface area (Å²) >= 11 is 0. The molecule has 0 fully saturated rings. The maximum atomic E-state index is 12.6. The van der Waals surface area contributed by atoms with Crippen molar-refractivity contribution in [3.63, 3.8) is 0 Å². The standard InChI is InChI=1S/C20H20F3NO3/c21-20(22,23)12-13-24(14-15-6-2-1-3-7-15)18(25)11-10-16-8-4-5-9-17(16)19(26)27/h1-9H,10-14H2,(H,26,27). The van der Waals surface area contributed by atoms with Crippen LogP contribution in [0.1, 0.15) is 34.3 Å². The maximum Gasteiger partial charge on any atom is 0.390 e. The van der Waals surface area contributed by atoms with E-state index in [4.69, 9.17) is 0 Å². The molecule has 0 heterocycles. The third-order valence-corrected chi connectivity index (χ3v) is 4.09. The second-order valence-corrected chi connectivity index (χ2v) is 6.13. The van der Waals surface area contributed by atoms with Crippen LogP contribution in [0.3, 0.4) is 0 Å². The summed E-state index contributed by atoms with van der Waals surface area (Å²) in [5.74, 6) is -1.54. The predicted molar refractivity (Wildman–Crippen MR) is 94.3 cm³/mol. The Morgan fingerprint density at radius 1 is 0.963 bits per heavy atom. The molecule has 0 saturated heterocycles. The van der Waals surface area contributed by atoms with Crippen molar-refractivity contribution >= 4 is 11.9 Å². The highest BCUT2D eigenvalue weighted by molar-refractivity contribution is 5.89. The molecule has 0 spiro atoms. The summed E-state index contributed by atoms with van der Waals surface area (Å²) in [7, 11) is 0. The van der Waals surface area contributed by atoms with Crippen molar-refractivity contribution in [2.24, 2.45) is 0 Å². The zero-order chi connectivity index (χ0) is 19.9. The monoisotopic (exact) mass is 379 g/mol. The predicted octanol–water partition coefficient (Wildman–Crippen LogP) is 4.30. The van der Waals surface area contributed by atoms with Crippen molar-refractivity contribution in [1.29, 1.82) is 0 Å². The highest BCUT2D eigenvalue weighted by Gasteiger charge is 2.29. The summed E-state index contributed by atoms with van der Waals surface area (Å²) in [6.07, 6.45) is -5.35. The molecule has 2 aromatic carbocycles. The molecule has 0 aliphatic heterocycles. The van der Waals surface area contributed by atoms with Gasteiger partial charge in [-0.05, 0) is 23.6 Å². The van der Waals surface area contributed by atoms with Crippen molar-refractivity contribution in [3.05, 3.63) is 71.3 Å². The minimum Gasteiger partial charge on any atom is -0.478 e. The zero-order valence-corrected chi connectivity index (χ0v) is 14.6. The number of carbonyl (C=O) groups is 2. The Labute approximate surface area is 155 Å². The Morgan fingerprint density at radius 3 is 2.22 bits per heavy atom. The molecule has 0 radical (unpaired) electrons. The van der Waals surface area contributed by atoms with E-state index in [9.17, 15) is 27.9 Å². The fraction of sp³-hybridized carbons (Fsp3) is 0.300. The molecule has 0 atom stereocenters. The van der Waals surface area contributed by atoms with Crippen LogP contribution in [-0.4, -0.2) is 34.6 Å². The Hall–Kier alpha value is -2.83. The molecule has 27 heavy (non-hydrogen) atoms. The molecular weight excluding hydrogens is 359 g/mol. The van der Waals surface area contributed by atoms with Crippen LogP contribution in [0.25, 0.3) is 0 Å². The largest absolute Gasteiger partial charge is 0.478 e. The van der Waals surface area contributed by atoms with Gasteiger partial charge in [-0.3, -0.25) is 4.79 Å². The highest BCUT2D eigenvalue weighted by Crippen LogP contribution is 2.21. The smallest absolute Gasteiger partial charge is 0.390 e. The molecule has 0 aliphatic carbocycles. The van der Waals surface area contributed by atoms with Gasteiger partial charge in [-0.1, -0.05) is 48.5 Å². The first-order valence-electron chi connectivity index (χ1n) is 8.46. The Kier molecular flexibility index (Phi) is 6.98. The van der Waals surface area contributed by atoms with E-state index in [0.29, 0.717) is 5.56 Å². The molecule has 1 N–H and O–H groups in total. The summed E-state index contributed by atoms with van der Waals surface area (Å²) in [5, 5.41) is 9.19. The summed E-state index contributed by atoms with van der Waals surface area (Å²) in [6.45, 7) is -0.353. The fourth-order valence-electron chi connectivity index (χ4n) is 2.70. The van der Waals surface area contributed by atoms with E-state index >= 15 is 0 Å². The van der Waals surface area contributed by atoms with Gasteiger partial charge < -0.3 is 10.0 Å². The molecule has 1 amide bonds. The van der Waals surface area contributed by atoms with Gasteiger partial charge in [0, 0.05) is 19.5 Å². The van der Waals surface area contributed by atoms with Crippen LogP contribution in [0.5, 0.6) is 0 Å². The van der Waals surface area contributed by atoms with E-state index in [1.165, 1.54) is 11.0 Å². The second kappa shape index (κ2) is 9.21. The van der Waals surface area contributed by atoms with Crippen LogP contribution in [0, 0.1) is 0 Å². The molecule has 144 valence electrons. The van der Waals surface area contributed by atoms with Crippen molar-refractivity contribution in [2.45, 2.75) is 32.0 Å². The van der Waals surface area contributed by atoms with Gasteiger partial charge >= 0.3 is 12.1 Å². The minimum atomic E-state index is -4.36. The number of hydrogen-bond acceptors (Lipinski definition) is 2. The van der Waals surface area contributed by atoms with Gasteiger partial charge in [-0.15, -0.1) is 0 Å². The van der Waals surface area contributed by atoms with Gasteiger partial charge in [0.1, 0.15) is 0 Å². The molecule has 0 saturated carbocycles. The van der Waals surface area contributed by atoms with Crippen molar-refractivity contribution < 1.29 is 27.9 Å². The number of aromatic carboxylic acids is 1. The van der Waals surface area contributed by atoms with Crippen LogP contribution >= 0.6 is 0 Å². The molecule has 0 bridgehead atoms. The molecule has 7 heteroatoms. The van der Waals surface area contributed by atoms with Gasteiger partial charge in [-0.2, -0.15) is 13.2 Å².